The Bertz CT molecular complexity index is 363. The Labute approximate surface area is 108 Å². The van der Waals surface area contributed by atoms with Crippen molar-refractivity contribution < 1.29 is 19.1 Å². The first-order valence-corrected chi connectivity index (χ1v) is 6.42. The molecule has 1 atom stereocenters. The van der Waals surface area contributed by atoms with Gasteiger partial charge in [0.25, 0.3) is 0 Å². The average Bonchev–Trinajstić information content (AvgIpc) is 2.55. The van der Waals surface area contributed by atoms with E-state index < -0.39 is 17.4 Å². The highest BCUT2D eigenvalue weighted by atomic mass is 16.6. The molecule has 0 bridgehead atoms. The van der Waals surface area contributed by atoms with Crippen molar-refractivity contribution in [1.82, 2.24) is 0 Å². The predicted octanol–water partition coefficient (Wildman–Crippen LogP) is 2.48. The summed E-state index contributed by atoms with van der Waals surface area (Å²) in [5, 5.41) is 0. The van der Waals surface area contributed by atoms with Gasteiger partial charge in [-0.3, -0.25) is 9.59 Å². The molecule has 1 aliphatic carbocycles. The van der Waals surface area contributed by atoms with Gasteiger partial charge in [-0.05, 0) is 34.1 Å². The van der Waals surface area contributed by atoms with Crippen LogP contribution in [0.3, 0.4) is 0 Å². The summed E-state index contributed by atoms with van der Waals surface area (Å²) in [6.45, 7) is 9.81. The van der Waals surface area contributed by atoms with Gasteiger partial charge in [0.1, 0.15) is 0 Å². The highest BCUT2D eigenvalue weighted by Gasteiger charge is 2.56. The minimum Gasteiger partial charge on any atom is -0.465 e. The first-order valence-electron chi connectivity index (χ1n) is 6.42. The van der Waals surface area contributed by atoms with Gasteiger partial charge in [-0.25, -0.2) is 0 Å². The molecule has 0 N–H and O–H groups in total. The monoisotopic (exact) mass is 254 g/mol. The van der Waals surface area contributed by atoms with Crippen molar-refractivity contribution in [2.75, 3.05) is 13.2 Å². The highest BCUT2D eigenvalue weighted by Crippen LogP contribution is 2.48. The van der Waals surface area contributed by atoms with E-state index in [4.69, 9.17) is 9.47 Å². The summed E-state index contributed by atoms with van der Waals surface area (Å²) in [6.07, 6.45) is 0.400. The van der Waals surface area contributed by atoms with Crippen LogP contribution < -0.4 is 0 Å². The summed E-state index contributed by atoms with van der Waals surface area (Å²) < 4.78 is 10.2. The number of carbonyl (C=O) groups excluding carboxylic acids is 2. The molecule has 102 valence electrons. The third-order valence-corrected chi connectivity index (χ3v) is 3.89. The molecular formula is C14H22O4. The van der Waals surface area contributed by atoms with E-state index in [0.29, 0.717) is 6.42 Å². The fourth-order valence-electron chi connectivity index (χ4n) is 2.55. The molecule has 4 nitrogen and oxygen atoms in total. The lowest BCUT2D eigenvalue weighted by Crippen LogP contribution is -2.45. The van der Waals surface area contributed by atoms with Crippen LogP contribution in [0, 0.1) is 11.3 Å². The SMILES string of the molecule is CCOC(=O)C1(C(=O)OCC)CC(C)=C(C)C1C. The molecule has 4 heteroatoms. The highest BCUT2D eigenvalue weighted by molar-refractivity contribution is 6.02. The number of hydrogen-bond donors (Lipinski definition) is 0. The molecule has 1 aliphatic rings. The Morgan fingerprint density at radius 2 is 1.61 bits per heavy atom. The Balaban J connectivity index is 3.13. The van der Waals surface area contributed by atoms with E-state index in [1.54, 1.807) is 13.8 Å². The molecule has 0 aromatic carbocycles. The molecule has 1 unspecified atom stereocenters. The zero-order chi connectivity index (χ0) is 13.9. The summed E-state index contributed by atoms with van der Waals surface area (Å²) in [4.78, 5) is 24.5. The molecule has 0 aliphatic heterocycles. The van der Waals surface area contributed by atoms with E-state index in [1.807, 2.05) is 20.8 Å². The number of carbonyl (C=O) groups is 2. The lowest BCUT2D eigenvalue weighted by Gasteiger charge is -2.29. The summed E-state index contributed by atoms with van der Waals surface area (Å²) >= 11 is 0. The summed E-state index contributed by atoms with van der Waals surface area (Å²) in [6, 6.07) is 0. The predicted molar refractivity (Wildman–Crippen MR) is 67.9 cm³/mol. The summed E-state index contributed by atoms with van der Waals surface area (Å²) in [5.74, 6) is -1.10. The van der Waals surface area contributed by atoms with Crippen molar-refractivity contribution >= 4 is 11.9 Å². The normalized spacial score (nSPS) is 21.9. The zero-order valence-electron chi connectivity index (χ0n) is 11.8. The van der Waals surface area contributed by atoms with Crippen molar-refractivity contribution in [1.29, 1.82) is 0 Å². The van der Waals surface area contributed by atoms with Crippen molar-refractivity contribution in [3.05, 3.63) is 11.1 Å². The second-order valence-corrected chi connectivity index (χ2v) is 4.77. The number of rotatable bonds is 4. The fourth-order valence-corrected chi connectivity index (χ4v) is 2.55. The Morgan fingerprint density at radius 3 is 1.89 bits per heavy atom. The summed E-state index contributed by atoms with van der Waals surface area (Å²) in [7, 11) is 0. The molecule has 18 heavy (non-hydrogen) atoms. The third-order valence-electron chi connectivity index (χ3n) is 3.89. The fraction of sp³-hybridized carbons (Fsp3) is 0.714. The molecule has 0 saturated heterocycles. The van der Waals surface area contributed by atoms with Crippen LogP contribution in [-0.2, 0) is 19.1 Å². The Morgan fingerprint density at radius 1 is 1.17 bits per heavy atom. The number of ether oxygens (including phenoxy) is 2. The van der Waals surface area contributed by atoms with Gasteiger partial charge < -0.3 is 9.47 Å². The van der Waals surface area contributed by atoms with Gasteiger partial charge in [0.05, 0.1) is 13.2 Å². The first-order chi connectivity index (χ1) is 8.41. The standard InChI is InChI=1S/C14H22O4/c1-6-17-12(15)14(13(16)18-7-2)8-9(3)10(4)11(14)5/h11H,6-8H2,1-5H3. The molecule has 0 heterocycles. The summed E-state index contributed by atoms with van der Waals surface area (Å²) in [5.41, 5.74) is 0.972. The smallest absolute Gasteiger partial charge is 0.324 e. The van der Waals surface area contributed by atoms with Gasteiger partial charge >= 0.3 is 11.9 Å². The maximum absolute atomic E-state index is 12.2. The van der Waals surface area contributed by atoms with Crippen LogP contribution in [0.25, 0.3) is 0 Å². The second kappa shape index (κ2) is 5.55. The quantitative estimate of drug-likeness (QED) is 0.439. The second-order valence-electron chi connectivity index (χ2n) is 4.77. The minimum atomic E-state index is -1.18. The van der Waals surface area contributed by atoms with E-state index in [2.05, 4.69) is 0 Å². The topological polar surface area (TPSA) is 52.6 Å². The average molecular weight is 254 g/mol. The number of allylic oxidation sites excluding steroid dienone is 2. The van der Waals surface area contributed by atoms with Crippen molar-refractivity contribution in [2.45, 2.75) is 41.0 Å². The van der Waals surface area contributed by atoms with E-state index in [9.17, 15) is 9.59 Å². The van der Waals surface area contributed by atoms with Crippen molar-refractivity contribution in [3.8, 4) is 0 Å². The van der Waals surface area contributed by atoms with Gasteiger partial charge in [-0.15, -0.1) is 0 Å². The first kappa shape index (κ1) is 14.7. The minimum absolute atomic E-state index is 0.171. The van der Waals surface area contributed by atoms with Crippen LogP contribution in [0.2, 0.25) is 0 Å². The largest absolute Gasteiger partial charge is 0.465 e. The van der Waals surface area contributed by atoms with Gasteiger partial charge in [0, 0.05) is 5.92 Å². The van der Waals surface area contributed by atoms with Crippen LogP contribution in [0.1, 0.15) is 41.0 Å². The zero-order valence-corrected chi connectivity index (χ0v) is 11.8. The Kier molecular flexibility index (Phi) is 4.54. The third kappa shape index (κ3) is 2.16. The Hall–Kier alpha value is -1.32. The molecule has 1 rings (SSSR count). The molecule has 0 aromatic rings. The van der Waals surface area contributed by atoms with E-state index in [1.165, 1.54) is 0 Å². The maximum Gasteiger partial charge on any atom is 0.324 e. The van der Waals surface area contributed by atoms with Crippen LogP contribution in [0.4, 0.5) is 0 Å². The molecule has 0 saturated carbocycles. The molecular weight excluding hydrogens is 232 g/mol. The number of esters is 2. The van der Waals surface area contributed by atoms with E-state index in [-0.39, 0.29) is 19.1 Å². The van der Waals surface area contributed by atoms with E-state index >= 15 is 0 Å². The lowest BCUT2D eigenvalue weighted by atomic mass is 9.76. The maximum atomic E-state index is 12.2. The number of hydrogen-bond acceptors (Lipinski definition) is 4. The van der Waals surface area contributed by atoms with Gasteiger partial charge in [0.2, 0.25) is 0 Å². The molecule has 0 spiro atoms. The van der Waals surface area contributed by atoms with Gasteiger partial charge in [-0.1, -0.05) is 18.1 Å². The van der Waals surface area contributed by atoms with Gasteiger partial charge in [-0.2, -0.15) is 0 Å². The van der Waals surface area contributed by atoms with E-state index in [0.717, 1.165) is 11.1 Å². The lowest BCUT2D eigenvalue weighted by molar-refractivity contribution is -0.174. The van der Waals surface area contributed by atoms with Gasteiger partial charge in [0.15, 0.2) is 5.41 Å². The van der Waals surface area contributed by atoms with Crippen molar-refractivity contribution in [2.24, 2.45) is 11.3 Å². The van der Waals surface area contributed by atoms with Crippen LogP contribution in [-0.4, -0.2) is 25.2 Å². The van der Waals surface area contributed by atoms with Crippen LogP contribution in [0.5, 0.6) is 0 Å². The molecule has 0 amide bonds. The van der Waals surface area contributed by atoms with Crippen LogP contribution in [0.15, 0.2) is 11.1 Å². The molecule has 0 fully saturated rings. The molecule has 0 aromatic heterocycles. The van der Waals surface area contributed by atoms with Crippen LogP contribution >= 0.6 is 0 Å². The molecule has 0 radical (unpaired) electrons. The van der Waals surface area contributed by atoms with Crippen molar-refractivity contribution in [3.63, 3.8) is 0 Å².